The summed E-state index contributed by atoms with van der Waals surface area (Å²) in [4.78, 5) is 14.7. The monoisotopic (exact) mass is 529 g/mol. The number of carbonyl (C=O) groups is 1. The Morgan fingerprint density at radius 2 is 1.97 bits per heavy atom. The van der Waals surface area contributed by atoms with Gasteiger partial charge in [-0.15, -0.1) is 9.03 Å². The summed E-state index contributed by atoms with van der Waals surface area (Å²) in [7, 11) is 3.45. The maximum atomic E-state index is 13.7. The minimum absolute atomic E-state index is 0.0782. The third kappa shape index (κ3) is 7.16. The molecule has 2 saturated carbocycles. The van der Waals surface area contributed by atoms with Crippen LogP contribution in [0.3, 0.4) is 0 Å². The lowest BCUT2D eigenvalue weighted by molar-refractivity contribution is -0.139. The number of amides is 1. The lowest BCUT2D eigenvalue weighted by Crippen LogP contribution is -2.56. The zero-order valence-corrected chi connectivity index (χ0v) is 22.0. The van der Waals surface area contributed by atoms with Crippen molar-refractivity contribution in [1.82, 2.24) is 13.9 Å². The van der Waals surface area contributed by atoms with Crippen LogP contribution in [0.1, 0.15) is 62.8 Å². The fourth-order valence-corrected chi connectivity index (χ4v) is 6.57. The van der Waals surface area contributed by atoms with Crippen molar-refractivity contribution in [2.75, 3.05) is 33.8 Å². The van der Waals surface area contributed by atoms with Crippen molar-refractivity contribution in [3.8, 4) is 0 Å². The average molecular weight is 530 g/mol. The van der Waals surface area contributed by atoms with Gasteiger partial charge < -0.3 is 14.2 Å². The number of benzene rings is 1. The van der Waals surface area contributed by atoms with Crippen molar-refractivity contribution in [3.05, 3.63) is 35.6 Å². The molecule has 0 bridgehead atoms. The third-order valence-electron chi connectivity index (χ3n) is 7.92. The Balaban J connectivity index is 1.33. The number of ether oxygens (including phenoxy) is 1. The van der Waals surface area contributed by atoms with Crippen LogP contribution in [0.2, 0.25) is 0 Å². The smallest absolute Gasteiger partial charge is 0.248 e. The second-order valence-corrected chi connectivity index (χ2v) is 12.2. The van der Waals surface area contributed by atoms with E-state index in [0.29, 0.717) is 32.0 Å². The standard InChI is InChI=1S/C26H38F3N3O3S/c1-31(2)36(34)30-24-11-13-32(25(33)20-10-12-26(28,29)15-20)16-21(24)17-35-23-8-6-18(7-9-23)19-4-3-5-22(27)14-19/h3-5,14,18,20-21,23-24,30H,6-13,15-17H2,1-2H3/t18-,20?,21?,23+,24?,36?. The molecule has 36 heavy (non-hydrogen) atoms. The molecule has 1 aromatic rings. The van der Waals surface area contributed by atoms with E-state index >= 15 is 0 Å². The predicted molar refractivity (Wildman–Crippen MR) is 133 cm³/mol. The van der Waals surface area contributed by atoms with Crippen LogP contribution in [-0.4, -0.2) is 71.5 Å². The van der Waals surface area contributed by atoms with Crippen LogP contribution in [0.5, 0.6) is 0 Å². The Bertz CT molecular complexity index is 885. The van der Waals surface area contributed by atoms with Crippen LogP contribution in [-0.2, 0) is 21.1 Å². The Kier molecular flexibility index (Phi) is 9.25. The van der Waals surface area contributed by atoms with Crippen LogP contribution >= 0.6 is 0 Å². The van der Waals surface area contributed by atoms with E-state index in [4.69, 9.17) is 4.74 Å². The molecule has 1 aromatic carbocycles. The number of nitrogens with one attached hydrogen (secondary N) is 1. The molecular weight excluding hydrogens is 491 g/mol. The van der Waals surface area contributed by atoms with E-state index in [1.54, 1.807) is 35.4 Å². The highest BCUT2D eigenvalue weighted by molar-refractivity contribution is 7.87. The summed E-state index contributed by atoms with van der Waals surface area (Å²) in [6.45, 7) is 1.27. The van der Waals surface area contributed by atoms with Crippen molar-refractivity contribution in [2.24, 2.45) is 11.8 Å². The van der Waals surface area contributed by atoms with E-state index < -0.39 is 23.4 Å². The molecule has 4 rings (SSSR count). The summed E-state index contributed by atoms with van der Waals surface area (Å²) in [5.41, 5.74) is 1.03. The van der Waals surface area contributed by atoms with Crippen LogP contribution < -0.4 is 4.72 Å². The van der Waals surface area contributed by atoms with Crippen LogP contribution in [0.4, 0.5) is 13.2 Å². The molecule has 3 fully saturated rings. The fraction of sp³-hybridized carbons (Fsp3) is 0.731. The summed E-state index contributed by atoms with van der Waals surface area (Å²) in [5, 5.41) is 0. The number of halogens is 3. The molecule has 1 saturated heterocycles. The number of hydrogen-bond donors (Lipinski definition) is 1. The normalized spacial score (nSPS) is 31.5. The van der Waals surface area contributed by atoms with Gasteiger partial charge in [0, 0.05) is 51.9 Å². The minimum Gasteiger partial charge on any atom is -0.579 e. The summed E-state index contributed by atoms with van der Waals surface area (Å²) >= 11 is -1.37. The van der Waals surface area contributed by atoms with Gasteiger partial charge in [0.1, 0.15) is 17.4 Å². The number of hydrogen-bond acceptors (Lipinski definition) is 5. The van der Waals surface area contributed by atoms with E-state index in [-0.39, 0.29) is 49.1 Å². The van der Waals surface area contributed by atoms with Gasteiger partial charge in [0.15, 0.2) is 0 Å². The Morgan fingerprint density at radius 1 is 1.22 bits per heavy atom. The summed E-state index contributed by atoms with van der Waals surface area (Å²) < 4.78 is 64.5. The largest absolute Gasteiger partial charge is 0.579 e. The van der Waals surface area contributed by atoms with Gasteiger partial charge in [0.2, 0.25) is 11.8 Å². The molecule has 3 aliphatic rings. The first-order chi connectivity index (χ1) is 17.1. The molecule has 4 atom stereocenters. The molecule has 6 nitrogen and oxygen atoms in total. The van der Waals surface area contributed by atoms with Gasteiger partial charge in [-0.25, -0.2) is 13.2 Å². The summed E-state index contributed by atoms with van der Waals surface area (Å²) in [5.74, 6) is -3.55. The molecule has 1 N–H and O–H groups in total. The van der Waals surface area contributed by atoms with Gasteiger partial charge in [0.05, 0.1) is 18.8 Å². The highest BCUT2D eigenvalue weighted by Crippen LogP contribution is 2.40. The van der Waals surface area contributed by atoms with Gasteiger partial charge in [-0.2, -0.15) is 0 Å². The first-order valence-electron chi connectivity index (χ1n) is 13.0. The molecule has 0 aromatic heterocycles. The second kappa shape index (κ2) is 12.0. The van der Waals surface area contributed by atoms with Gasteiger partial charge in [-0.3, -0.25) is 4.79 Å². The lowest BCUT2D eigenvalue weighted by atomic mass is 9.82. The third-order valence-corrected chi connectivity index (χ3v) is 9.09. The van der Waals surface area contributed by atoms with Gasteiger partial charge >= 0.3 is 0 Å². The minimum atomic E-state index is -2.75. The Morgan fingerprint density at radius 3 is 2.61 bits per heavy atom. The SMILES string of the molecule is CN(C)[S+]([O-])NC1CCN(C(=O)C2CCC(F)(F)C2)CC1CO[C@H]1CC[C@@H](c2cccc(F)c2)CC1. The van der Waals surface area contributed by atoms with E-state index in [2.05, 4.69) is 4.72 Å². The zero-order valence-electron chi connectivity index (χ0n) is 21.1. The molecule has 10 heteroatoms. The van der Waals surface area contributed by atoms with E-state index in [9.17, 15) is 22.5 Å². The Labute approximate surface area is 215 Å². The number of piperidine rings is 1. The quantitative estimate of drug-likeness (QED) is 0.510. The topological polar surface area (TPSA) is 67.9 Å². The number of alkyl halides is 2. The van der Waals surface area contributed by atoms with Crippen molar-refractivity contribution in [2.45, 2.75) is 75.4 Å². The molecule has 202 valence electrons. The van der Waals surface area contributed by atoms with Crippen molar-refractivity contribution in [3.63, 3.8) is 0 Å². The average Bonchev–Trinajstić information content (AvgIpc) is 3.22. The Hall–Kier alpha value is -1.33. The molecule has 2 aliphatic carbocycles. The van der Waals surface area contributed by atoms with Gasteiger partial charge in [0.25, 0.3) is 0 Å². The fourth-order valence-electron chi connectivity index (χ4n) is 5.79. The zero-order chi connectivity index (χ0) is 25.9. The van der Waals surface area contributed by atoms with Gasteiger partial charge in [-0.05, 0) is 62.1 Å². The molecule has 0 spiro atoms. The lowest BCUT2D eigenvalue weighted by Gasteiger charge is -2.40. The van der Waals surface area contributed by atoms with Crippen molar-refractivity contribution in [1.29, 1.82) is 0 Å². The highest BCUT2D eigenvalue weighted by atomic mass is 32.2. The first kappa shape index (κ1) is 27.7. The molecular formula is C26H38F3N3O3S. The molecule has 4 unspecified atom stereocenters. The highest BCUT2D eigenvalue weighted by Gasteiger charge is 2.45. The number of rotatable bonds is 8. The van der Waals surface area contributed by atoms with Crippen LogP contribution in [0.15, 0.2) is 24.3 Å². The number of carbonyl (C=O) groups excluding carboxylic acids is 1. The van der Waals surface area contributed by atoms with E-state index in [1.165, 1.54) is 6.07 Å². The molecule has 1 aliphatic heterocycles. The van der Waals surface area contributed by atoms with Crippen LogP contribution in [0, 0.1) is 17.7 Å². The van der Waals surface area contributed by atoms with Crippen LogP contribution in [0.25, 0.3) is 0 Å². The van der Waals surface area contributed by atoms with Crippen molar-refractivity contribution < 1.29 is 27.3 Å². The maximum Gasteiger partial charge on any atom is 0.248 e. The van der Waals surface area contributed by atoms with Gasteiger partial charge in [-0.1, -0.05) is 12.1 Å². The second-order valence-electron chi connectivity index (χ2n) is 10.8. The summed E-state index contributed by atoms with van der Waals surface area (Å²) in [6, 6.07) is 6.69. The number of likely N-dealkylation sites (tertiary alicyclic amines) is 1. The maximum absolute atomic E-state index is 13.7. The van der Waals surface area contributed by atoms with E-state index in [1.807, 2.05) is 6.07 Å². The first-order valence-corrected chi connectivity index (χ1v) is 14.1. The molecule has 0 radical (unpaired) electrons. The van der Waals surface area contributed by atoms with E-state index in [0.717, 1.165) is 31.2 Å². The summed E-state index contributed by atoms with van der Waals surface area (Å²) in [6.07, 6.45) is 3.88. The molecule has 1 heterocycles. The number of nitrogens with zero attached hydrogens (tertiary/aromatic N) is 2. The van der Waals surface area contributed by atoms with Crippen molar-refractivity contribution >= 4 is 17.5 Å². The predicted octanol–water partition coefficient (Wildman–Crippen LogP) is 4.25. The molecule has 1 amide bonds.